The normalized spacial score (nSPS) is 15.5. The summed E-state index contributed by atoms with van der Waals surface area (Å²) in [6.07, 6.45) is 24.5. The summed E-state index contributed by atoms with van der Waals surface area (Å²) in [6, 6.07) is 16.0. The summed E-state index contributed by atoms with van der Waals surface area (Å²) in [5.41, 5.74) is 8.66. The Morgan fingerprint density at radius 3 is 1.03 bits per heavy atom. The Balaban J connectivity index is 0.857. The predicted octanol–water partition coefficient (Wildman–Crippen LogP) is 9.97. The van der Waals surface area contributed by atoms with Gasteiger partial charge < -0.3 is 34.2 Å². The van der Waals surface area contributed by atoms with Crippen LogP contribution in [0.3, 0.4) is 0 Å². The van der Waals surface area contributed by atoms with Crippen LogP contribution in [-0.2, 0) is 23.8 Å². The molecule has 0 saturated heterocycles. The van der Waals surface area contributed by atoms with Gasteiger partial charge in [0.1, 0.15) is 38.8 Å². The quantitative estimate of drug-likeness (QED) is 0.0489. The van der Waals surface area contributed by atoms with Crippen molar-refractivity contribution in [2.24, 2.45) is 0 Å². The van der Waals surface area contributed by atoms with Crippen molar-refractivity contribution in [3.8, 4) is 0 Å². The zero-order chi connectivity index (χ0) is 49.1. The van der Waals surface area contributed by atoms with Gasteiger partial charge in [-0.3, -0.25) is 9.59 Å². The van der Waals surface area contributed by atoms with Crippen LogP contribution >= 0.6 is 0 Å². The van der Waals surface area contributed by atoms with E-state index in [0.29, 0.717) is 86.2 Å². The predicted molar refractivity (Wildman–Crippen MR) is 281 cm³/mol. The van der Waals surface area contributed by atoms with Gasteiger partial charge >= 0.3 is 0 Å². The third-order valence-electron chi connectivity index (χ3n) is 13.1. The molecular formula is C58H76N4O7+2. The molecule has 0 bridgehead atoms. The van der Waals surface area contributed by atoms with E-state index in [2.05, 4.69) is 70.9 Å². The number of Topliss-reactive ketones (excluding diaryl/α,β-unsaturated/α-hetero) is 2. The van der Waals surface area contributed by atoms with Gasteiger partial charge in [-0.25, -0.2) is 9.15 Å². The molecule has 368 valence electrons. The van der Waals surface area contributed by atoms with E-state index in [4.69, 9.17) is 14.2 Å². The van der Waals surface area contributed by atoms with Crippen LogP contribution in [0.15, 0.2) is 131 Å². The van der Waals surface area contributed by atoms with Crippen LogP contribution in [0, 0.1) is 0 Å². The Morgan fingerprint density at radius 2 is 0.739 bits per heavy atom. The molecule has 0 amide bonds. The summed E-state index contributed by atoms with van der Waals surface area (Å²) in [4.78, 5) is 31.4. The average molecular weight is 941 g/mol. The van der Waals surface area contributed by atoms with Crippen molar-refractivity contribution in [1.29, 1.82) is 0 Å². The number of unbranched alkanes of at least 4 members (excludes halogenated alkanes) is 4. The third-order valence-corrected chi connectivity index (χ3v) is 13.1. The summed E-state index contributed by atoms with van der Waals surface area (Å²) in [7, 11) is 3.99. The molecule has 0 unspecified atom stereocenters. The van der Waals surface area contributed by atoms with E-state index in [1.165, 1.54) is 0 Å². The number of aliphatic hydroxyl groups excluding tert-OH is 2. The Bertz CT molecular complexity index is 2220. The van der Waals surface area contributed by atoms with E-state index in [0.717, 1.165) is 111 Å². The molecule has 0 saturated carbocycles. The highest BCUT2D eigenvalue weighted by Gasteiger charge is 2.38. The fraction of sp³-hybridized carbons (Fsp3) is 0.448. The van der Waals surface area contributed by atoms with E-state index in [1.807, 2.05) is 87.0 Å². The van der Waals surface area contributed by atoms with Crippen LogP contribution in [0.4, 0.5) is 11.4 Å². The second kappa shape index (κ2) is 26.8. The molecule has 69 heavy (non-hydrogen) atoms. The molecule has 0 radical (unpaired) electrons. The maximum atomic E-state index is 13.3. The summed E-state index contributed by atoms with van der Waals surface area (Å²) in [5, 5.41) is 22.0. The van der Waals surface area contributed by atoms with Crippen molar-refractivity contribution in [3.63, 3.8) is 0 Å². The molecule has 0 aromatic heterocycles. The standard InChI is InChI=1S/C58H74N4O7/c1-7-11-31-61(32-12-8-2)49-27-19-45(20-28-49)53-55(63)51(56(53)64)43-15-23-47(24-16-43)59(5)35-37-67-39-41-69-42-40-68-38-36-60(6)48-25-17-44(18-26-48)52-57(65)54(58(52)66)46-21-29-50(30-22-46)62(33-13-9-3)34-14-10-4/h15-30H,7-14,31-42H2,1-6H3/p+2. The zero-order valence-corrected chi connectivity index (χ0v) is 42.1. The third kappa shape index (κ3) is 13.7. The number of likely N-dealkylation sites (N-methyl/N-ethyl adjacent to an activating group) is 2. The fourth-order valence-corrected chi connectivity index (χ4v) is 8.66. The Morgan fingerprint density at radius 1 is 0.435 bits per heavy atom. The van der Waals surface area contributed by atoms with Crippen LogP contribution < -0.4 is 9.80 Å². The molecule has 0 aliphatic heterocycles. The number of hydrogen-bond acceptors (Lipinski definition) is 9. The lowest BCUT2D eigenvalue weighted by molar-refractivity contribution is -0.499. The summed E-state index contributed by atoms with van der Waals surface area (Å²) in [6.45, 7) is 17.2. The molecule has 11 nitrogen and oxygen atoms in total. The molecule has 2 aromatic carbocycles. The summed E-state index contributed by atoms with van der Waals surface area (Å²) in [5.74, 6) is -0.156. The molecule has 0 fully saturated rings. The minimum absolute atomic E-state index is 0.0546. The molecule has 2 N–H and O–H groups in total. The molecule has 0 heterocycles. The topological polar surface area (TPSA) is 115 Å². The molecule has 2 aromatic rings. The first-order chi connectivity index (χ1) is 33.6. The van der Waals surface area contributed by atoms with Gasteiger partial charge in [0.2, 0.25) is 11.6 Å². The van der Waals surface area contributed by atoms with Gasteiger partial charge in [0, 0.05) is 61.9 Å². The maximum absolute atomic E-state index is 13.3. The van der Waals surface area contributed by atoms with E-state index in [-0.39, 0.29) is 23.1 Å². The lowest BCUT2D eigenvalue weighted by Gasteiger charge is -2.26. The van der Waals surface area contributed by atoms with Crippen molar-refractivity contribution in [2.45, 2.75) is 79.1 Å². The molecular weight excluding hydrogens is 865 g/mol. The number of allylic oxidation sites excluding steroid dienone is 14. The van der Waals surface area contributed by atoms with Gasteiger partial charge in [0.05, 0.1) is 48.7 Å². The van der Waals surface area contributed by atoms with Crippen molar-refractivity contribution in [3.05, 3.63) is 142 Å². The Kier molecular flexibility index (Phi) is 20.4. The van der Waals surface area contributed by atoms with E-state index in [9.17, 15) is 19.8 Å². The number of carbonyl (C=O) groups is 2. The lowest BCUT2D eigenvalue weighted by atomic mass is 9.80. The number of anilines is 2. The van der Waals surface area contributed by atoms with Crippen molar-refractivity contribution >= 4 is 45.5 Å². The second-order valence-electron chi connectivity index (χ2n) is 18.1. The SMILES string of the molecule is CCCCN(CCCC)c1ccc(C2=C(O)C(=C3C=CC(=[N+](C)CCOCCOCCOCC[N+](C)=C4C=CC(=C5C(=O)C(c6ccc(N(CCCC)CCCC)cc6)=C5O)C=C4)C=C3)C2=O)cc1. The molecule has 11 heteroatoms. The van der Waals surface area contributed by atoms with Crippen molar-refractivity contribution < 1.29 is 43.2 Å². The summed E-state index contributed by atoms with van der Waals surface area (Å²) >= 11 is 0. The van der Waals surface area contributed by atoms with E-state index in [1.54, 1.807) is 0 Å². The summed E-state index contributed by atoms with van der Waals surface area (Å²) < 4.78 is 21.5. The molecule has 4 aliphatic rings. The molecule has 0 atom stereocenters. The molecule has 4 aliphatic carbocycles. The zero-order valence-electron chi connectivity index (χ0n) is 42.1. The number of aliphatic hydroxyl groups is 2. The van der Waals surface area contributed by atoms with Gasteiger partial charge in [-0.2, -0.15) is 0 Å². The number of ether oxygens (including phenoxy) is 3. The minimum Gasteiger partial charge on any atom is -0.506 e. The van der Waals surface area contributed by atoms with Gasteiger partial charge in [0.25, 0.3) is 0 Å². The first-order valence-corrected chi connectivity index (χ1v) is 25.4. The highest BCUT2D eigenvalue weighted by atomic mass is 16.5. The number of carbonyl (C=O) groups excluding carboxylic acids is 2. The first-order valence-electron chi connectivity index (χ1n) is 25.4. The highest BCUT2D eigenvalue weighted by molar-refractivity contribution is 6.40. The van der Waals surface area contributed by atoms with Crippen LogP contribution in [0.25, 0.3) is 11.1 Å². The highest BCUT2D eigenvalue weighted by Crippen LogP contribution is 2.40. The van der Waals surface area contributed by atoms with Crippen LogP contribution in [0.2, 0.25) is 0 Å². The van der Waals surface area contributed by atoms with Crippen LogP contribution in [0.1, 0.15) is 90.2 Å². The smallest absolute Gasteiger partial charge is 0.201 e. The number of nitrogens with zero attached hydrogens (tertiary/aromatic N) is 4. The maximum Gasteiger partial charge on any atom is 0.201 e. The van der Waals surface area contributed by atoms with Gasteiger partial charge in [-0.05, 0) is 96.5 Å². The molecule has 6 rings (SSSR count). The largest absolute Gasteiger partial charge is 0.506 e. The fourth-order valence-electron chi connectivity index (χ4n) is 8.66. The van der Waals surface area contributed by atoms with Crippen molar-refractivity contribution in [1.82, 2.24) is 0 Å². The first kappa shape index (κ1) is 52.5. The van der Waals surface area contributed by atoms with Crippen molar-refractivity contribution in [2.75, 3.05) is 103 Å². The van der Waals surface area contributed by atoms with Gasteiger partial charge in [-0.1, -0.05) is 77.6 Å². The number of hydrogen-bond donors (Lipinski definition) is 2. The monoisotopic (exact) mass is 941 g/mol. The Hall–Kier alpha value is -5.88. The Labute approximate surface area is 411 Å². The van der Waals surface area contributed by atoms with E-state index >= 15 is 0 Å². The van der Waals surface area contributed by atoms with Gasteiger partial charge in [-0.15, -0.1) is 0 Å². The van der Waals surface area contributed by atoms with Crippen LogP contribution in [-0.4, -0.2) is 135 Å². The number of rotatable bonds is 28. The van der Waals surface area contributed by atoms with Gasteiger partial charge in [0.15, 0.2) is 24.5 Å². The average Bonchev–Trinajstić information content (AvgIpc) is 3.36. The number of ketones is 2. The molecule has 0 spiro atoms. The van der Waals surface area contributed by atoms with E-state index < -0.39 is 0 Å². The lowest BCUT2D eigenvalue weighted by Crippen LogP contribution is -2.26. The number of benzene rings is 2. The second-order valence-corrected chi connectivity index (χ2v) is 18.1. The van der Waals surface area contributed by atoms with Crippen LogP contribution in [0.5, 0.6) is 0 Å². The minimum atomic E-state index is -0.133.